The Morgan fingerprint density at radius 2 is 2.12 bits per heavy atom. The van der Waals surface area contributed by atoms with Crippen LogP contribution in [0, 0.1) is 0 Å². The van der Waals surface area contributed by atoms with E-state index in [1.807, 2.05) is 18.2 Å². The van der Waals surface area contributed by atoms with E-state index in [0.29, 0.717) is 24.6 Å². The Balaban J connectivity index is 1.41. The number of aryl methyl sites for hydroxylation is 1. The van der Waals surface area contributed by atoms with Crippen molar-refractivity contribution in [3.8, 4) is 11.6 Å². The van der Waals surface area contributed by atoms with Gasteiger partial charge in [-0.2, -0.15) is 5.10 Å². The molecule has 3 aromatic rings. The van der Waals surface area contributed by atoms with Crippen molar-refractivity contribution in [2.75, 3.05) is 6.61 Å². The summed E-state index contributed by atoms with van der Waals surface area (Å²) in [5.74, 6) is 0.358. The SMILES string of the molecule is O=C(O)c1cccc(CCCCOc2ccc(-n3cncn3)nc2)n1. The number of rotatable bonds is 8. The van der Waals surface area contributed by atoms with Crippen LogP contribution in [0.5, 0.6) is 5.75 Å². The van der Waals surface area contributed by atoms with Gasteiger partial charge in [0.05, 0.1) is 12.8 Å². The summed E-state index contributed by atoms with van der Waals surface area (Å²) >= 11 is 0. The molecule has 3 heterocycles. The summed E-state index contributed by atoms with van der Waals surface area (Å²) < 4.78 is 7.23. The molecule has 0 aliphatic heterocycles. The number of nitrogens with zero attached hydrogens (tertiary/aromatic N) is 5. The monoisotopic (exact) mass is 339 g/mol. The third-order valence-electron chi connectivity index (χ3n) is 3.50. The number of pyridine rings is 2. The maximum absolute atomic E-state index is 10.9. The Bertz CT molecular complexity index is 819. The molecule has 0 spiro atoms. The number of aromatic nitrogens is 5. The summed E-state index contributed by atoms with van der Waals surface area (Å²) in [6, 6.07) is 8.68. The van der Waals surface area contributed by atoms with Crippen molar-refractivity contribution in [3.63, 3.8) is 0 Å². The van der Waals surface area contributed by atoms with Gasteiger partial charge in [0, 0.05) is 5.69 Å². The largest absolute Gasteiger partial charge is 0.492 e. The van der Waals surface area contributed by atoms with Crippen LogP contribution >= 0.6 is 0 Å². The minimum Gasteiger partial charge on any atom is -0.492 e. The molecule has 0 atom stereocenters. The van der Waals surface area contributed by atoms with Crippen molar-refractivity contribution in [3.05, 3.63) is 60.6 Å². The first kappa shape index (κ1) is 16.6. The predicted molar refractivity (Wildman–Crippen MR) is 88.8 cm³/mol. The predicted octanol–water partition coefficient (Wildman–Crippen LogP) is 2.16. The molecule has 0 saturated heterocycles. The molecule has 3 rings (SSSR count). The first-order valence-electron chi connectivity index (χ1n) is 7.85. The van der Waals surface area contributed by atoms with E-state index < -0.39 is 5.97 Å². The zero-order valence-electron chi connectivity index (χ0n) is 13.4. The Morgan fingerprint density at radius 1 is 1.20 bits per heavy atom. The number of hydrogen-bond acceptors (Lipinski definition) is 6. The highest BCUT2D eigenvalue weighted by molar-refractivity contribution is 5.85. The van der Waals surface area contributed by atoms with Crippen LogP contribution in [-0.2, 0) is 6.42 Å². The van der Waals surface area contributed by atoms with Gasteiger partial charge in [-0.15, -0.1) is 0 Å². The van der Waals surface area contributed by atoms with Gasteiger partial charge in [0.2, 0.25) is 0 Å². The fourth-order valence-electron chi connectivity index (χ4n) is 2.26. The van der Waals surface area contributed by atoms with Crippen molar-refractivity contribution in [2.24, 2.45) is 0 Å². The van der Waals surface area contributed by atoms with E-state index in [1.165, 1.54) is 12.4 Å². The lowest BCUT2D eigenvalue weighted by atomic mass is 10.2. The molecule has 0 aliphatic rings. The van der Waals surface area contributed by atoms with Gasteiger partial charge in [-0.25, -0.2) is 24.4 Å². The number of hydrogen-bond donors (Lipinski definition) is 1. The van der Waals surface area contributed by atoms with Crippen molar-refractivity contribution >= 4 is 5.97 Å². The average molecular weight is 339 g/mol. The van der Waals surface area contributed by atoms with E-state index in [4.69, 9.17) is 9.84 Å². The van der Waals surface area contributed by atoms with Crippen LogP contribution in [0.4, 0.5) is 0 Å². The Hall–Kier alpha value is -3.29. The third kappa shape index (κ3) is 4.60. The highest BCUT2D eigenvalue weighted by Gasteiger charge is 2.05. The van der Waals surface area contributed by atoms with Crippen LogP contribution in [0.3, 0.4) is 0 Å². The fraction of sp³-hybridized carbons (Fsp3) is 0.235. The molecular weight excluding hydrogens is 322 g/mol. The van der Waals surface area contributed by atoms with Gasteiger partial charge in [-0.1, -0.05) is 6.07 Å². The third-order valence-corrected chi connectivity index (χ3v) is 3.50. The first-order valence-corrected chi connectivity index (χ1v) is 7.85. The Labute approximate surface area is 144 Å². The standard InChI is InChI=1S/C17H17N5O3/c23-17(24)15-6-3-5-13(21-15)4-1-2-9-25-14-7-8-16(19-10-14)22-12-18-11-20-22/h3,5-8,10-12H,1-2,4,9H2,(H,23,24). The number of aromatic carboxylic acids is 1. The summed E-state index contributed by atoms with van der Waals surface area (Å²) in [5, 5.41) is 12.9. The lowest BCUT2D eigenvalue weighted by molar-refractivity contribution is 0.0690. The summed E-state index contributed by atoms with van der Waals surface area (Å²) in [6.07, 6.45) is 7.09. The number of ether oxygens (including phenoxy) is 1. The summed E-state index contributed by atoms with van der Waals surface area (Å²) in [5.41, 5.74) is 0.853. The summed E-state index contributed by atoms with van der Waals surface area (Å²) in [7, 11) is 0. The molecule has 0 fully saturated rings. The van der Waals surface area contributed by atoms with Crippen LogP contribution in [0.1, 0.15) is 29.0 Å². The average Bonchev–Trinajstić information content (AvgIpc) is 3.17. The van der Waals surface area contributed by atoms with Gasteiger partial charge in [-0.05, 0) is 43.5 Å². The minimum absolute atomic E-state index is 0.0762. The number of carboxylic acids is 1. The topological polar surface area (TPSA) is 103 Å². The normalized spacial score (nSPS) is 10.6. The molecule has 0 amide bonds. The maximum atomic E-state index is 10.9. The molecule has 128 valence electrons. The summed E-state index contributed by atoms with van der Waals surface area (Å²) in [4.78, 5) is 23.1. The van der Waals surface area contributed by atoms with E-state index in [1.54, 1.807) is 23.3 Å². The highest BCUT2D eigenvalue weighted by atomic mass is 16.5. The van der Waals surface area contributed by atoms with E-state index in [-0.39, 0.29) is 5.69 Å². The van der Waals surface area contributed by atoms with Crippen LogP contribution in [0.15, 0.2) is 49.2 Å². The molecular formula is C17H17N5O3. The van der Waals surface area contributed by atoms with Crippen molar-refractivity contribution in [1.29, 1.82) is 0 Å². The van der Waals surface area contributed by atoms with Crippen molar-refractivity contribution < 1.29 is 14.6 Å². The molecule has 8 heteroatoms. The van der Waals surface area contributed by atoms with Crippen LogP contribution in [0.2, 0.25) is 0 Å². The van der Waals surface area contributed by atoms with E-state index in [0.717, 1.165) is 18.5 Å². The molecule has 1 N–H and O–H groups in total. The second-order valence-corrected chi connectivity index (χ2v) is 5.32. The van der Waals surface area contributed by atoms with E-state index in [2.05, 4.69) is 20.1 Å². The minimum atomic E-state index is -1.01. The lowest BCUT2D eigenvalue weighted by Crippen LogP contribution is -2.04. The Kier molecular flexibility index (Phi) is 5.30. The molecule has 0 aliphatic carbocycles. The van der Waals surface area contributed by atoms with E-state index >= 15 is 0 Å². The number of carboxylic acid groups (broad SMARTS) is 1. The molecule has 8 nitrogen and oxygen atoms in total. The van der Waals surface area contributed by atoms with Gasteiger partial charge in [0.15, 0.2) is 5.82 Å². The molecule has 0 saturated carbocycles. The summed E-state index contributed by atoms with van der Waals surface area (Å²) in [6.45, 7) is 0.559. The van der Waals surface area contributed by atoms with Gasteiger partial charge < -0.3 is 9.84 Å². The highest BCUT2D eigenvalue weighted by Crippen LogP contribution is 2.12. The van der Waals surface area contributed by atoms with Gasteiger partial charge in [-0.3, -0.25) is 0 Å². The molecule has 3 aromatic heterocycles. The molecule has 0 unspecified atom stereocenters. The van der Waals surface area contributed by atoms with Gasteiger partial charge >= 0.3 is 5.97 Å². The number of unbranched alkanes of at least 4 members (excludes halogenated alkanes) is 1. The van der Waals surface area contributed by atoms with Crippen molar-refractivity contribution in [1.82, 2.24) is 24.7 Å². The first-order chi connectivity index (χ1) is 12.2. The second kappa shape index (κ2) is 8.00. The second-order valence-electron chi connectivity index (χ2n) is 5.32. The molecule has 0 aromatic carbocycles. The molecule has 25 heavy (non-hydrogen) atoms. The Morgan fingerprint density at radius 3 is 2.84 bits per heavy atom. The van der Waals surface area contributed by atoms with Crippen molar-refractivity contribution in [2.45, 2.75) is 19.3 Å². The van der Waals surface area contributed by atoms with Crippen LogP contribution in [-0.4, -0.2) is 42.4 Å². The van der Waals surface area contributed by atoms with Crippen LogP contribution in [0.25, 0.3) is 5.82 Å². The zero-order chi connectivity index (χ0) is 17.5. The van der Waals surface area contributed by atoms with Crippen LogP contribution < -0.4 is 4.74 Å². The van der Waals surface area contributed by atoms with E-state index in [9.17, 15) is 4.79 Å². The van der Waals surface area contributed by atoms with Gasteiger partial charge in [0.25, 0.3) is 0 Å². The maximum Gasteiger partial charge on any atom is 0.354 e. The fourth-order valence-corrected chi connectivity index (χ4v) is 2.26. The molecule has 0 radical (unpaired) electrons. The van der Waals surface area contributed by atoms with Gasteiger partial charge in [0.1, 0.15) is 24.1 Å². The lowest BCUT2D eigenvalue weighted by Gasteiger charge is -2.07. The smallest absolute Gasteiger partial charge is 0.354 e. The zero-order valence-corrected chi connectivity index (χ0v) is 13.4. The molecule has 0 bridgehead atoms. The number of carbonyl (C=O) groups is 1. The quantitative estimate of drug-likeness (QED) is 0.627.